The van der Waals surface area contributed by atoms with E-state index in [0.717, 1.165) is 17.0 Å². The molecule has 0 spiro atoms. The lowest BCUT2D eigenvalue weighted by molar-refractivity contribution is 0.181. The number of nitrogens with zero attached hydrogens (tertiary/aromatic N) is 4. The Balaban J connectivity index is 1.53. The molecule has 1 amide bonds. The minimum absolute atomic E-state index is 0.325. The first-order valence-electron chi connectivity index (χ1n) is 7.26. The number of rotatable bonds is 4. The molecule has 0 saturated carbocycles. The Morgan fingerprint density at radius 1 is 1.22 bits per heavy atom. The van der Waals surface area contributed by atoms with Crippen LogP contribution in [0.4, 0.5) is 10.5 Å². The third-order valence-corrected chi connectivity index (χ3v) is 3.66. The molecule has 0 radical (unpaired) electrons. The molecule has 2 aromatic heterocycles. The topological polar surface area (TPSA) is 69.0 Å². The van der Waals surface area contributed by atoms with Gasteiger partial charge < -0.3 is 9.47 Å². The fraction of sp³-hybridized carbons (Fsp3) is 0.188. The van der Waals surface area contributed by atoms with Gasteiger partial charge in [0.2, 0.25) is 0 Å². The molecule has 7 heteroatoms. The first-order chi connectivity index (χ1) is 11.3. The largest absolute Gasteiger partial charge is 0.487 e. The van der Waals surface area contributed by atoms with Crippen molar-refractivity contribution in [3.63, 3.8) is 0 Å². The van der Waals surface area contributed by atoms with Gasteiger partial charge in [0, 0.05) is 6.07 Å². The second-order valence-corrected chi connectivity index (χ2v) is 5.10. The number of aromatic nitrogens is 3. The number of hydrogen-bond donors (Lipinski definition) is 0. The lowest BCUT2D eigenvalue weighted by Crippen LogP contribution is -2.23. The quantitative estimate of drug-likeness (QED) is 0.739. The van der Waals surface area contributed by atoms with Crippen LogP contribution in [0.15, 0.2) is 48.8 Å². The van der Waals surface area contributed by atoms with Crippen molar-refractivity contribution in [2.75, 3.05) is 18.1 Å². The van der Waals surface area contributed by atoms with Crippen molar-refractivity contribution >= 4 is 17.4 Å². The molecule has 116 valence electrons. The summed E-state index contributed by atoms with van der Waals surface area (Å²) in [6.07, 6.45) is 1.19. The summed E-state index contributed by atoms with van der Waals surface area (Å²) in [5.74, 6) is 0.680. The second-order valence-electron chi connectivity index (χ2n) is 5.10. The molecule has 1 aliphatic heterocycles. The molecule has 0 unspecified atom stereocenters. The van der Waals surface area contributed by atoms with Crippen molar-refractivity contribution in [2.24, 2.45) is 0 Å². The molecule has 1 aliphatic rings. The molecule has 0 aliphatic carbocycles. The molecule has 0 N–H and O–H groups in total. The number of fused-ring (bicyclic) bond motifs is 1. The predicted molar refractivity (Wildman–Crippen MR) is 82.5 cm³/mol. The van der Waals surface area contributed by atoms with Gasteiger partial charge in [-0.15, -0.1) is 0 Å². The maximum Gasteiger partial charge on any atom is 0.414 e. The van der Waals surface area contributed by atoms with Gasteiger partial charge >= 0.3 is 6.09 Å². The molecule has 23 heavy (non-hydrogen) atoms. The third-order valence-electron chi connectivity index (χ3n) is 3.66. The highest BCUT2D eigenvalue weighted by molar-refractivity contribution is 5.89. The van der Waals surface area contributed by atoms with Crippen LogP contribution in [0.25, 0.3) is 5.65 Å². The lowest BCUT2D eigenvalue weighted by Gasteiger charge is -2.14. The minimum Gasteiger partial charge on any atom is -0.487 e. The van der Waals surface area contributed by atoms with Crippen LogP contribution in [-0.4, -0.2) is 33.8 Å². The first-order valence-corrected chi connectivity index (χ1v) is 7.26. The van der Waals surface area contributed by atoms with Crippen LogP contribution in [0.1, 0.15) is 5.69 Å². The van der Waals surface area contributed by atoms with E-state index in [0.29, 0.717) is 25.5 Å². The van der Waals surface area contributed by atoms with Crippen molar-refractivity contribution < 1.29 is 14.3 Å². The maximum atomic E-state index is 11.6. The highest BCUT2D eigenvalue weighted by atomic mass is 16.6. The zero-order chi connectivity index (χ0) is 15.6. The summed E-state index contributed by atoms with van der Waals surface area (Å²) < 4.78 is 12.5. The van der Waals surface area contributed by atoms with E-state index in [1.54, 1.807) is 9.42 Å². The molecule has 1 aromatic carbocycles. The molecule has 0 bridgehead atoms. The zero-order valence-corrected chi connectivity index (χ0v) is 12.3. The average Bonchev–Trinajstić information content (AvgIpc) is 3.22. The number of pyridine rings is 1. The molecular formula is C16H14N4O3. The van der Waals surface area contributed by atoms with E-state index in [1.165, 1.54) is 6.33 Å². The van der Waals surface area contributed by atoms with Gasteiger partial charge in [0.1, 0.15) is 25.3 Å². The van der Waals surface area contributed by atoms with E-state index in [2.05, 4.69) is 10.1 Å². The van der Waals surface area contributed by atoms with E-state index in [1.807, 2.05) is 42.5 Å². The maximum absolute atomic E-state index is 11.6. The van der Waals surface area contributed by atoms with Crippen molar-refractivity contribution in [3.8, 4) is 5.75 Å². The molecule has 3 heterocycles. The smallest absolute Gasteiger partial charge is 0.414 e. The van der Waals surface area contributed by atoms with Gasteiger partial charge in [0.25, 0.3) is 0 Å². The first kappa shape index (κ1) is 13.6. The Morgan fingerprint density at radius 3 is 3.00 bits per heavy atom. The molecule has 3 aromatic rings. The third kappa shape index (κ3) is 2.57. The fourth-order valence-corrected chi connectivity index (χ4v) is 2.54. The Hall–Kier alpha value is -3.09. The second kappa shape index (κ2) is 5.60. The van der Waals surface area contributed by atoms with Gasteiger partial charge in [0.15, 0.2) is 5.65 Å². The minimum atomic E-state index is -0.325. The summed E-state index contributed by atoms with van der Waals surface area (Å²) in [5.41, 5.74) is 2.44. The predicted octanol–water partition coefficient (Wildman–Crippen LogP) is 2.26. The van der Waals surface area contributed by atoms with E-state index >= 15 is 0 Å². The summed E-state index contributed by atoms with van der Waals surface area (Å²) in [5, 5.41) is 4.18. The van der Waals surface area contributed by atoms with E-state index < -0.39 is 0 Å². The Bertz CT molecular complexity index is 861. The van der Waals surface area contributed by atoms with E-state index in [9.17, 15) is 4.79 Å². The number of ether oxygens (including phenoxy) is 2. The highest BCUT2D eigenvalue weighted by Crippen LogP contribution is 2.24. The molecule has 0 atom stereocenters. The van der Waals surface area contributed by atoms with Crippen LogP contribution < -0.4 is 9.64 Å². The molecular weight excluding hydrogens is 296 g/mol. The Morgan fingerprint density at radius 2 is 2.13 bits per heavy atom. The van der Waals surface area contributed by atoms with E-state index in [-0.39, 0.29) is 6.09 Å². The highest BCUT2D eigenvalue weighted by Gasteiger charge is 2.23. The van der Waals surface area contributed by atoms with Crippen molar-refractivity contribution in [1.82, 2.24) is 14.6 Å². The summed E-state index contributed by atoms with van der Waals surface area (Å²) in [7, 11) is 0. The van der Waals surface area contributed by atoms with Crippen LogP contribution in [0, 0.1) is 0 Å². The summed E-state index contributed by atoms with van der Waals surface area (Å²) >= 11 is 0. The number of carbonyl (C=O) groups is 1. The van der Waals surface area contributed by atoms with Crippen molar-refractivity contribution in [3.05, 3.63) is 54.5 Å². The van der Waals surface area contributed by atoms with Gasteiger partial charge in [-0.3, -0.25) is 4.90 Å². The van der Waals surface area contributed by atoms with Gasteiger partial charge in [-0.05, 0) is 24.3 Å². The number of cyclic esters (lactones) is 1. The number of anilines is 1. The molecule has 1 saturated heterocycles. The van der Waals surface area contributed by atoms with Crippen LogP contribution in [0.2, 0.25) is 0 Å². The van der Waals surface area contributed by atoms with Gasteiger partial charge in [-0.2, -0.15) is 5.10 Å². The Labute approximate surface area is 132 Å². The van der Waals surface area contributed by atoms with Crippen LogP contribution in [-0.2, 0) is 11.3 Å². The number of carbonyl (C=O) groups excluding carboxylic acids is 1. The van der Waals surface area contributed by atoms with E-state index in [4.69, 9.17) is 9.47 Å². The lowest BCUT2D eigenvalue weighted by atomic mass is 10.3. The fourth-order valence-electron chi connectivity index (χ4n) is 2.54. The van der Waals surface area contributed by atoms with Crippen molar-refractivity contribution in [2.45, 2.75) is 6.61 Å². The van der Waals surface area contributed by atoms with Crippen LogP contribution in [0.5, 0.6) is 5.75 Å². The Kier molecular flexibility index (Phi) is 3.30. The van der Waals surface area contributed by atoms with Crippen LogP contribution >= 0.6 is 0 Å². The van der Waals surface area contributed by atoms with Gasteiger partial charge in [0.05, 0.1) is 17.9 Å². The normalized spacial score (nSPS) is 14.3. The summed E-state index contributed by atoms with van der Waals surface area (Å²) in [4.78, 5) is 17.4. The summed E-state index contributed by atoms with van der Waals surface area (Å²) in [6.45, 7) is 1.33. The van der Waals surface area contributed by atoms with Gasteiger partial charge in [-0.1, -0.05) is 12.1 Å². The SMILES string of the molecule is O=C1OCCN1c1cccc(OCc2cccc3ncnn23)c1. The average molecular weight is 310 g/mol. The number of benzene rings is 1. The molecule has 4 rings (SSSR count). The van der Waals surface area contributed by atoms with Crippen LogP contribution in [0.3, 0.4) is 0 Å². The number of hydrogen-bond acceptors (Lipinski definition) is 5. The van der Waals surface area contributed by atoms with Crippen molar-refractivity contribution in [1.29, 1.82) is 0 Å². The molecule has 7 nitrogen and oxygen atoms in total. The summed E-state index contributed by atoms with van der Waals surface area (Å²) in [6, 6.07) is 13.1. The zero-order valence-electron chi connectivity index (χ0n) is 12.3. The molecule has 1 fully saturated rings. The number of amides is 1. The standard InChI is InChI=1S/C16H14N4O3/c21-16-19(7-8-22-16)12-3-1-5-14(9-12)23-10-13-4-2-6-15-17-11-18-20(13)15/h1-6,9,11H,7-8,10H2. The van der Waals surface area contributed by atoms with Gasteiger partial charge in [-0.25, -0.2) is 14.3 Å². The monoisotopic (exact) mass is 310 g/mol.